The van der Waals surface area contributed by atoms with Gasteiger partial charge in [-0.3, -0.25) is 14.5 Å². The highest BCUT2D eigenvalue weighted by Gasteiger charge is 2.28. The molecular weight excluding hydrogens is 388 g/mol. The second-order valence-electron chi connectivity index (χ2n) is 8.67. The fraction of sp³-hybridized carbons (Fsp3) is 0.440. The van der Waals surface area contributed by atoms with Crippen molar-refractivity contribution in [1.82, 2.24) is 14.4 Å². The summed E-state index contributed by atoms with van der Waals surface area (Å²) in [6.07, 6.45) is 0. The van der Waals surface area contributed by atoms with E-state index in [1.165, 1.54) is 16.4 Å². The lowest BCUT2D eigenvalue weighted by Crippen LogP contribution is -2.54. The molecule has 3 aromatic rings. The van der Waals surface area contributed by atoms with Gasteiger partial charge >= 0.3 is 0 Å². The number of fused-ring (bicyclic) bond motifs is 3. The second kappa shape index (κ2) is 8.71. The Morgan fingerprint density at radius 2 is 1.61 bits per heavy atom. The van der Waals surface area contributed by atoms with Crippen molar-refractivity contribution in [3.63, 3.8) is 0 Å². The summed E-state index contributed by atoms with van der Waals surface area (Å²) in [6, 6.07) is 14.3. The molecule has 0 saturated carbocycles. The summed E-state index contributed by atoms with van der Waals surface area (Å²) in [6.45, 7) is 11.6. The summed E-state index contributed by atoms with van der Waals surface area (Å²) in [7, 11) is 0. The van der Waals surface area contributed by atoms with Gasteiger partial charge in [0.2, 0.25) is 11.8 Å². The molecule has 1 N–H and O–H groups in total. The number of anilines is 1. The van der Waals surface area contributed by atoms with Gasteiger partial charge in [0, 0.05) is 66.1 Å². The van der Waals surface area contributed by atoms with E-state index in [9.17, 15) is 9.59 Å². The van der Waals surface area contributed by atoms with Crippen LogP contribution in [0.4, 0.5) is 5.69 Å². The van der Waals surface area contributed by atoms with Crippen LogP contribution in [0.2, 0.25) is 0 Å². The Bertz CT molecular complexity index is 1110. The number of nitrogens with one attached hydrogen (secondary N) is 1. The zero-order valence-electron chi connectivity index (χ0n) is 18.9. The van der Waals surface area contributed by atoms with E-state index in [1.807, 2.05) is 31.7 Å². The molecule has 1 unspecified atom stereocenters. The number of para-hydroxylation sites is 1. The fourth-order valence-electron chi connectivity index (χ4n) is 4.58. The maximum atomic E-state index is 13.0. The minimum Gasteiger partial charge on any atom is -0.341 e. The van der Waals surface area contributed by atoms with Crippen molar-refractivity contribution in [2.45, 2.75) is 40.3 Å². The zero-order chi connectivity index (χ0) is 22.1. The zero-order valence-corrected chi connectivity index (χ0v) is 18.9. The Morgan fingerprint density at radius 3 is 2.29 bits per heavy atom. The van der Waals surface area contributed by atoms with Gasteiger partial charge in [-0.05, 0) is 38.1 Å². The molecule has 31 heavy (non-hydrogen) atoms. The summed E-state index contributed by atoms with van der Waals surface area (Å²) in [5.41, 5.74) is 3.21. The van der Waals surface area contributed by atoms with Crippen molar-refractivity contribution in [3.05, 3.63) is 42.5 Å². The third-order valence-electron chi connectivity index (χ3n) is 6.40. The number of carbonyl (C=O) groups excluding carboxylic acids is 2. The highest BCUT2D eigenvalue weighted by atomic mass is 16.2. The lowest BCUT2D eigenvalue weighted by atomic mass is 10.1. The van der Waals surface area contributed by atoms with Crippen LogP contribution >= 0.6 is 0 Å². The molecule has 6 heteroatoms. The Kier molecular flexibility index (Phi) is 6.01. The number of hydrogen-bond acceptors (Lipinski definition) is 3. The van der Waals surface area contributed by atoms with Crippen molar-refractivity contribution in [2.75, 3.05) is 31.5 Å². The summed E-state index contributed by atoms with van der Waals surface area (Å²) in [4.78, 5) is 29.2. The summed E-state index contributed by atoms with van der Waals surface area (Å²) >= 11 is 0. The van der Waals surface area contributed by atoms with Gasteiger partial charge in [0.25, 0.3) is 0 Å². The van der Waals surface area contributed by atoms with E-state index >= 15 is 0 Å². The standard InChI is InChI=1S/C25H32N4O2/c1-5-29-22-9-7-6-8-20(22)21-16-19(10-11-23(21)29)26-24(30)18(4)27-12-14-28(15-13-27)25(31)17(2)3/h6-11,16-18H,5,12-15H2,1-4H3,(H,26,30). The first-order valence-electron chi connectivity index (χ1n) is 11.3. The van der Waals surface area contributed by atoms with E-state index in [1.54, 1.807) is 0 Å². The number of rotatable bonds is 5. The molecule has 0 bridgehead atoms. The molecule has 1 saturated heterocycles. The largest absolute Gasteiger partial charge is 0.341 e. The molecule has 1 aromatic heterocycles. The van der Waals surface area contributed by atoms with E-state index < -0.39 is 0 Å². The van der Waals surface area contributed by atoms with Crippen LogP contribution in [-0.2, 0) is 16.1 Å². The summed E-state index contributed by atoms with van der Waals surface area (Å²) in [5, 5.41) is 5.46. The highest BCUT2D eigenvalue weighted by Crippen LogP contribution is 2.31. The lowest BCUT2D eigenvalue weighted by Gasteiger charge is -2.38. The first-order chi connectivity index (χ1) is 14.9. The third-order valence-corrected chi connectivity index (χ3v) is 6.40. The molecule has 1 fully saturated rings. The van der Waals surface area contributed by atoms with Crippen LogP contribution in [0.3, 0.4) is 0 Å². The molecule has 1 atom stereocenters. The predicted molar refractivity (Wildman–Crippen MR) is 126 cm³/mol. The van der Waals surface area contributed by atoms with Crippen molar-refractivity contribution < 1.29 is 9.59 Å². The summed E-state index contributed by atoms with van der Waals surface area (Å²) in [5.74, 6) is 0.194. The van der Waals surface area contributed by atoms with Crippen LogP contribution in [0.25, 0.3) is 21.8 Å². The van der Waals surface area contributed by atoms with Gasteiger partial charge in [0.15, 0.2) is 0 Å². The Hall–Kier alpha value is -2.86. The lowest BCUT2D eigenvalue weighted by molar-refractivity contribution is -0.136. The van der Waals surface area contributed by atoms with Gasteiger partial charge in [0.1, 0.15) is 0 Å². The van der Waals surface area contributed by atoms with Crippen LogP contribution in [0.1, 0.15) is 27.7 Å². The average Bonchev–Trinajstić information content (AvgIpc) is 3.11. The molecule has 0 spiro atoms. The van der Waals surface area contributed by atoms with E-state index in [0.29, 0.717) is 13.1 Å². The molecule has 2 heterocycles. The third kappa shape index (κ3) is 4.04. The van der Waals surface area contributed by atoms with E-state index in [2.05, 4.69) is 58.1 Å². The molecule has 1 aliphatic heterocycles. The van der Waals surface area contributed by atoms with Gasteiger partial charge in [0.05, 0.1) is 6.04 Å². The molecule has 0 radical (unpaired) electrons. The predicted octanol–water partition coefficient (Wildman–Crippen LogP) is 3.94. The van der Waals surface area contributed by atoms with Crippen LogP contribution in [0, 0.1) is 5.92 Å². The number of aromatic nitrogens is 1. The molecule has 6 nitrogen and oxygen atoms in total. The minimum atomic E-state index is -0.246. The molecule has 1 aliphatic rings. The Morgan fingerprint density at radius 1 is 0.935 bits per heavy atom. The molecule has 4 rings (SSSR count). The van der Waals surface area contributed by atoms with Gasteiger partial charge < -0.3 is 14.8 Å². The number of amides is 2. The fourth-order valence-corrected chi connectivity index (χ4v) is 4.58. The molecule has 164 valence electrons. The normalized spacial score (nSPS) is 16.2. The SMILES string of the molecule is CCn1c2ccccc2c2cc(NC(=O)C(C)N3CCN(C(=O)C(C)C)CC3)ccc21. The van der Waals surface area contributed by atoms with Gasteiger partial charge in [-0.1, -0.05) is 32.0 Å². The molecular formula is C25H32N4O2. The molecule has 2 amide bonds. The van der Waals surface area contributed by atoms with Gasteiger partial charge in [-0.25, -0.2) is 0 Å². The monoisotopic (exact) mass is 420 g/mol. The van der Waals surface area contributed by atoms with E-state index in [4.69, 9.17) is 0 Å². The molecule has 0 aliphatic carbocycles. The molecule has 2 aromatic carbocycles. The maximum absolute atomic E-state index is 13.0. The number of hydrogen-bond donors (Lipinski definition) is 1. The van der Waals surface area contributed by atoms with Crippen molar-refractivity contribution in [2.24, 2.45) is 5.92 Å². The van der Waals surface area contributed by atoms with E-state index in [0.717, 1.165) is 30.7 Å². The van der Waals surface area contributed by atoms with Crippen molar-refractivity contribution >= 4 is 39.3 Å². The van der Waals surface area contributed by atoms with Crippen LogP contribution in [-0.4, -0.2) is 58.4 Å². The van der Waals surface area contributed by atoms with Crippen LogP contribution < -0.4 is 5.32 Å². The number of aryl methyl sites for hydroxylation is 1. The second-order valence-corrected chi connectivity index (χ2v) is 8.67. The number of benzene rings is 2. The Balaban J connectivity index is 1.47. The topological polar surface area (TPSA) is 57.6 Å². The van der Waals surface area contributed by atoms with Gasteiger partial charge in [-0.15, -0.1) is 0 Å². The van der Waals surface area contributed by atoms with Crippen molar-refractivity contribution in [3.8, 4) is 0 Å². The first kappa shape index (κ1) is 21.4. The first-order valence-corrected chi connectivity index (χ1v) is 11.3. The van der Waals surface area contributed by atoms with Gasteiger partial charge in [-0.2, -0.15) is 0 Å². The maximum Gasteiger partial charge on any atom is 0.241 e. The average molecular weight is 421 g/mol. The Labute approximate surface area is 183 Å². The van der Waals surface area contributed by atoms with Crippen molar-refractivity contribution in [1.29, 1.82) is 0 Å². The smallest absolute Gasteiger partial charge is 0.241 e. The van der Waals surface area contributed by atoms with Crippen LogP contribution in [0.5, 0.6) is 0 Å². The number of piperazine rings is 1. The number of nitrogens with zero attached hydrogens (tertiary/aromatic N) is 3. The summed E-state index contributed by atoms with van der Waals surface area (Å²) < 4.78 is 2.30. The minimum absolute atomic E-state index is 0.0118. The van der Waals surface area contributed by atoms with Crippen LogP contribution in [0.15, 0.2) is 42.5 Å². The van der Waals surface area contributed by atoms with E-state index in [-0.39, 0.29) is 23.8 Å². The number of carbonyl (C=O) groups is 2. The quantitative estimate of drug-likeness (QED) is 0.680. The highest BCUT2D eigenvalue weighted by molar-refractivity contribution is 6.10.